The summed E-state index contributed by atoms with van der Waals surface area (Å²) in [7, 11) is 0. The van der Waals surface area contributed by atoms with E-state index in [0.717, 1.165) is 5.56 Å². The summed E-state index contributed by atoms with van der Waals surface area (Å²) >= 11 is 0. The summed E-state index contributed by atoms with van der Waals surface area (Å²) in [6.07, 6.45) is -0.375. The molecule has 3 heteroatoms. The van der Waals surface area contributed by atoms with Crippen LogP contribution < -0.4 is 0 Å². The van der Waals surface area contributed by atoms with Crippen LogP contribution in [-0.2, 0) is 9.59 Å². The van der Waals surface area contributed by atoms with Gasteiger partial charge < -0.3 is 0 Å². The fraction of sp³-hybridized carbons (Fsp3) is 0.111. The van der Waals surface area contributed by atoms with Crippen LogP contribution in [0.2, 0.25) is 0 Å². The second kappa shape index (κ2) is 6.01. The third kappa shape index (κ3) is 4.14. The van der Waals surface area contributed by atoms with Gasteiger partial charge in [-0.1, -0.05) is 29.8 Å². The number of aryl methyl sites for hydroxylation is 1. The molecule has 0 saturated heterocycles. The number of aldehydes is 1. The molecule has 0 saturated carbocycles. The van der Waals surface area contributed by atoms with Crippen molar-refractivity contribution in [3.63, 3.8) is 0 Å². The van der Waals surface area contributed by atoms with Crippen LogP contribution in [-0.4, -0.2) is 12.4 Å². The highest BCUT2D eigenvalue weighted by atomic mass is 16.2. The first kappa shape index (κ1) is 8.37. The molecule has 0 unspecified atom stereocenters. The Morgan fingerprint density at radius 2 is 1.75 bits per heavy atom. The first-order valence-corrected chi connectivity index (χ1v) is 3.18. The monoisotopic (exact) mass is 165 g/mol. The molecule has 12 heavy (non-hydrogen) atoms. The molecule has 0 aliphatic heterocycles. The summed E-state index contributed by atoms with van der Waals surface area (Å²) in [5, 5.41) is 0. The first-order chi connectivity index (χ1) is 6.11. The fourth-order valence-corrected chi connectivity index (χ4v) is 0.622. The predicted molar refractivity (Wildman–Crippen MR) is 41.6 cm³/mol. The molecule has 0 aliphatic carbocycles. The molecule has 1 aromatic rings. The molecule has 0 atom stereocenters. The highest BCUT2D eigenvalue weighted by Gasteiger charge is 1.85. The van der Waals surface area contributed by atoms with Crippen LogP contribution in [0.25, 0.3) is 0 Å². The van der Waals surface area contributed by atoms with Crippen molar-refractivity contribution in [3.8, 4) is 0 Å². The van der Waals surface area contributed by atoms with Gasteiger partial charge in [-0.15, -0.1) is 0 Å². The van der Waals surface area contributed by atoms with Crippen LogP contribution in [0.1, 0.15) is 17.3 Å². The summed E-state index contributed by atoms with van der Waals surface area (Å²) < 4.78 is 6.75. The Labute approximate surface area is 71.4 Å². The van der Waals surface area contributed by atoms with E-state index in [1.54, 1.807) is 12.1 Å². The molecule has 3 nitrogen and oxygen atoms in total. The first-order valence-electron chi connectivity index (χ1n) is 3.68. The molecule has 0 fully saturated rings. The Morgan fingerprint density at radius 3 is 2.08 bits per heavy atom. The van der Waals surface area contributed by atoms with Gasteiger partial charge in [-0.3, -0.25) is 4.79 Å². The van der Waals surface area contributed by atoms with E-state index in [2.05, 4.69) is 0 Å². The van der Waals surface area contributed by atoms with Crippen molar-refractivity contribution in [2.45, 2.75) is 6.92 Å². The number of hydrogen-bond acceptors (Lipinski definition) is 3. The number of hydrogen-bond donors (Lipinski definition) is 0. The van der Waals surface area contributed by atoms with Gasteiger partial charge in [0.05, 0.1) is 0 Å². The Bertz CT molecular complexity index is 310. The SMILES string of the molecule is O=C=O.[2H]C(=O)c1ccc(C)cc1. The van der Waals surface area contributed by atoms with Gasteiger partial charge in [0.25, 0.3) is 0 Å². The lowest BCUT2D eigenvalue weighted by Gasteiger charge is -1.89. The van der Waals surface area contributed by atoms with Gasteiger partial charge >= 0.3 is 6.15 Å². The molecular formula is C9H8O3. The molecule has 1 rings (SSSR count). The van der Waals surface area contributed by atoms with E-state index in [1.165, 1.54) is 0 Å². The average molecular weight is 165 g/mol. The van der Waals surface area contributed by atoms with Crippen LogP contribution in [0.4, 0.5) is 0 Å². The summed E-state index contributed by atoms with van der Waals surface area (Å²) in [4.78, 5) is 26.7. The zero-order valence-electron chi connectivity index (χ0n) is 7.53. The number of rotatable bonds is 1. The zero-order chi connectivity index (χ0) is 10.3. The van der Waals surface area contributed by atoms with Crippen molar-refractivity contribution in [1.82, 2.24) is 0 Å². The molecular weight excluding hydrogens is 156 g/mol. The largest absolute Gasteiger partial charge is 0.373 e. The van der Waals surface area contributed by atoms with E-state index in [9.17, 15) is 4.79 Å². The van der Waals surface area contributed by atoms with E-state index < -0.39 is 6.26 Å². The van der Waals surface area contributed by atoms with E-state index >= 15 is 0 Å². The van der Waals surface area contributed by atoms with Gasteiger partial charge in [0.1, 0.15) is 7.63 Å². The summed E-state index contributed by atoms with van der Waals surface area (Å²) in [5.74, 6) is 0. The minimum absolute atomic E-state index is 0.250. The van der Waals surface area contributed by atoms with Gasteiger partial charge in [0.15, 0.2) is 0 Å². The Hall–Kier alpha value is -1.73. The third-order valence-corrected chi connectivity index (χ3v) is 1.17. The third-order valence-electron chi connectivity index (χ3n) is 1.17. The second-order valence-electron chi connectivity index (χ2n) is 2.05. The maximum atomic E-state index is 10.4. The molecule has 1 aromatic carbocycles. The number of carbonyl (C=O) groups is 1. The summed E-state index contributed by atoms with van der Waals surface area (Å²) in [5.41, 5.74) is 1.55. The van der Waals surface area contributed by atoms with Crippen LogP contribution in [0.5, 0.6) is 0 Å². The lowest BCUT2D eigenvalue weighted by molar-refractivity contribution is -0.191. The summed E-state index contributed by atoms with van der Waals surface area (Å²) in [6.45, 7) is 1.94. The number of benzene rings is 1. The van der Waals surface area contributed by atoms with Gasteiger partial charge in [0.2, 0.25) is 0 Å². The van der Waals surface area contributed by atoms with Crippen molar-refractivity contribution in [1.29, 1.82) is 0 Å². The maximum absolute atomic E-state index is 10.4. The van der Waals surface area contributed by atoms with Gasteiger partial charge in [0, 0.05) is 5.56 Å². The second-order valence-corrected chi connectivity index (χ2v) is 2.05. The van der Waals surface area contributed by atoms with E-state index in [4.69, 9.17) is 11.0 Å². The molecule has 0 spiro atoms. The maximum Gasteiger partial charge on any atom is 0.373 e. The molecule has 0 N–H and O–H groups in total. The lowest BCUT2D eigenvalue weighted by atomic mass is 10.2. The quantitative estimate of drug-likeness (QED) is 0.588. The molecule has 0 aliphatic rings. The van der Waals surface area contributed by atoms with Crippen LogP contribution in [0.15, 0.2) is 24.3 Å². The van der Waals surface area contributed by atoms with Crippen molar-refractivity contribution < 1.29 is 15.8 Å². The fourth-order valence-electron chi connectivity index (χ4n) is 0.622. The van der Waals surface area contributed by atoms with Crippen LogP contribution in [0, 0.1) is 6.92 Å². The molecule has 0 radical (unpaired) electrons. The molecule has 62 valence electrons. The molecule has 0 aromatic heterocycles. The minimum Gasteiger partial charge on any atom is -0.298 e. The number of carbonyl (C=O) groups excluding carboxylic acids is 3. The Kier molecular flexibility index (Phi) is 4.19. The Morgan fingerprint density at radius 1 is 1.33 bits per heavy atom. The van der Waals surface area contributed by atoms with E-state index in [-0.39, 0.29) is 6.15 Å². The van der Waals surface area contributed by atoms with Crippen LogP contribution in [0.3, 0.4) is 0 Å². The predicted octanol–water partition coefficient (Wildman–Crippen LogP) is 1.22. The zero-order valence-corrected chi connectivity index (χ0v) is 6.53. The molecule has 0 amide bonds. The molecule has 0 bridgehead atoms. The van der Waals surface area contributed by atoms with Crippen LogP contribution >= 0.6 is 0 Å². The highest BCUT2D eigenvalue weighted by molar-refractivity contribution is 5.74. The standard InChI is InChI=1S/C8H8O.CO2/c1-7-2-4-8(6-9)5-3-7;2-1-3/h2-6H,1H3;/i6D;. The smallest absolute Gasteiger partial charge is 0.298 e. The van der Waals surface area contributed by atoms with Gasteiger partial charge in [-0.2, -0.15) is 9.59 Å². The average Bonchev–Trinajstić information content (AvgIpc) is 2.06. The van der Waals surface area contributed by atoms with E-state index in [0.29, 0.717) is 5.56 Å². The van der Waals surface area contributed by atoms with Crippen molar-refractivity contribution in [2.75, 3.05) is 0 Å². The normalized spacial score (nSPS) is 8.58. The summed E-state index contributed by atoms with van der Waals surface area (Å²) in [6, 6.07) is 6.96. The minimum atomic E-state index is -0.625. The van der Waals surface area contributed by atoms with E-state index in [1.807, 2.05) is 19.1 Å². The lowest BCUT2D eigenvalue weighted by Crippen LogP contribution is -1.77. The Balaban J connectivity index is 0.000000424. The van der Waals surface area contributed by atoms with Crippen molar-refractivity contribution >= 4 is 12.4 Å². The highest BCUT2D eigenvalue weighted by Crippen LogP contribution is 1.98. The van der Waals surface area contributed by atoms with Crippen molar-refractivity contribution in [2.24, 2.45) is 0 Å². The topological polar surface area (TPSA) is 51.2 Å². The molecule has 0 heterocycles. The van der Waals surface area contributed by atoms with Gasteiger partial charge in [-0.25, -0.2) is 0 Å². The van der Waals surface area contributed by atoms with Crippen molar-refractivity contribution in [3.05, 3.63) is 35.4 Å². The van der Waals surface area contributed by atoms with Gasteiger partial charge in [-0.05, 0) is 6.92 Å².